The number of anilines is 2. The molecule has 0 unspecified atom stereocenters. The third-order valence-electron chi connectivity index (χ3n) is 3.43. The molecule has 1 N–H and O–H groups in total. The van der Waals surface area contributed by atoms with Crippen LogP contribution in [-0.4, -0.2) is 31.5 Å². The predicted octanol–water partition coefficient (Wildman–Crippen LogP) is 2.16. The lowest BCUT2D eigenvalue weighted by molar-refractivity contribution is 0.568. The number of rotatable bonds is 4. The topological polar surface area (TPSA) is 75.2 Å². The molecule has 9 heteroatoms. The first-order chi connectivity index (χ1) is 10.9. The predicted molar refractivity (Wildman–Crippen MR) is 80.6 cm³/mol. The second kappa shape index (κ2) is 6.07. The minimum absolute atomic E-state index is 0.123. The maximum atomic E-state index is 13.2. The standard InChI is InChI=1S/C14H14F2N4O2S/c15-10-5-11(16)7-13(6-10)23(21,22)19-12-8-17-14(18-9-12)20-3-1-2-4-20/h5-9,19H,1-4H2. The first kappa shape index (κ1) is 15.6. The van der Waals surface area contributed by atoms with Gasteiger partial charge < -0.3 is 4.90 Å². The minimum Gasteiger partial charge on any atom is -0.341 e. The molecule has 0 saturated carbocycles. The van der Waals surface area contributed by atoms with Crippen molar-refractivity contribution < 1.29 is 17.2 Å². The summed E-state index contributed by atoms with van der Waals surface area (Å²) in [5.41, 5.74) is 0.123. The fourth-order valence-electron chi connectivity index (χ4n) is 2.35. The van der Waals surface area contributed by atoms with Crippen LogP contribution in [0.4, 0.5) is 20.4 Å². The van der Waals surface area contributed by atoms with Gasteiger partial charge in [-0.15, -0.1) is 0 Å². The number of halogens is 2. The van der Waals surface area contributed by atoms with E-state index in [9.17, 15) is 17.2 Å². The summed E-state index contributed by atoms with van der Waals surface area (Å²) < 4.78 is 52.8. The number of sulfonamides is 1. The van der Waals surface area contributed by atoms with Gasteiger partial charge in [0.25, 0.3) is 10.0 Å². The van der Waals surface area contributed by atoms with E-state index in [1.165, 1.54) is 12.4 Å². The maximum absolute atomic E-state index is 13.2. The lowest BCUT2D eigenvalue weighted by Crippen LogP contribution is -2.20. The van der Waals surface area contributed by atoms with E-state index in [4.69, 9.17) is 0 Å². The van der Waals surface area contributed by atoms with Crippen LogP contribution in [0.15, 0.2) is 35.5 Å². The van der Waals surface area contributed by atoms with Gasteiger partial charge >= 0.3 is 0 Å². The highest BCUT2D eigenvalue weighted by Gasteiger charge is 2.18. The number of nitrogens with zero attached hydrogens (tertiary/aromatic N) is 3. The van der Waals surface area contributed by atoms with Crippen LogP contribution in [0.25, 0.3) is 0 Å². The fraction of sp³-hybridized carbons (Fsp3) is 0.286. The quantitative estimate of drug-likeness (QED) is 0.923. The molecule has 6 nitrogen and oxygen atoms in total. The molecule has 2 aromatic rings. The van der Waals surface area contributed by atoms with Crippen molar-refractivity contribution in [3.8, 4) is 0 Å². The van der Waals surface area contributed by atoms with Crippen molar-refractivity contribution in [2.45, 2.75) is 17.7 Å². The van der Waals surface area contributed by atoms with Crippen molar-refractivity contribution in [1.82, 2.24) is 9.97 Å². The Kier molecular flexibility index (Phi) is 4.12. The van der Waals surface area contributed by atoms with Gasteiger partial charge in [0.1, 0.15) is 11.6 Å². The summed E-state index contributed by atoms with van der Waals surface area (Å²) in [6.45, 7) is 1.74. The highest BCUT2D eigenvalue weighted by atomic mass is 32.2. The summed E-state index contributed by atoms with van der Waals surface area (Å²) in [6.07, 6.45) is 4.80. The zero-order valence-electron chi connectivity index (χ0n) is 12.0. The SMILES string of the molecule is O=S(=O)(Nc1cnc(N2CCCC2)nc1)c1cc(F)cc(F)c1. The molecule has 3 rings (SSSR count). The summed E-state index contributed by atoms with van der Waals surface area (Å²) in [5, 5.41) is 0. The Balaban J connectivity index is 1.80. The molecule has 1 aromatic carbocycles. The van der Waals surface area contributed by atoms with E-state index >= 15 is 0 Å². The molecule has 122 valence electrons. The number of nitrogens with one attached hydrogen (secondary N) is 1. The van der Waals surface area contributed by atoms with E-state index in [0.717, 1.165) is 38.1 Å². The van der Waals surface area contributed by atoms with Crippen molar-refractivity contribution in [2.75, 3.05) is 22.7 Å². The van der Waals surface area contributed by atoms with E-state index < -0.39 is 26.6 Å². The van der Waals surface area contributed by atoms with E-state index in [0.29, 0.717) is 12.0 Å². The summed E-state index contributed by atoms with van der Waals surface area (Å²) in [4.78, 5) is 9.73. The van der Waals surface area contributed by atoms with E-state index in [1.807, 2.05) is 4.90 Å². The first-order valence-electron chi connectivity index (χ1n) is 7.00. The van der Waals surface area contributed by atoms with Crippen LogP contribution in [0.2, 0.25) is 0 Å². The van der Waals surface area contributed by atoms with Crippen molar-refractivity contribution in [3.05, 3.63) is 42.2 Å². The molecule has 0 atom stereocenters. The molecule has 0 aliphatic carbocycles. The van der Waals surface area contributed by atoms with E-state index in [2.05, 4.69) is 14.7 Å². The average molecular weight is 340 g/mol. The Bertz CT molecular complexity index is 786. The normalized spacial score (nSPS) is 15.0. The molecule has 1 aliphatic rings. The average Bonchev–Trinajstić information content (AvgIpc) is 3.01. The van der Waals surface area contributed by atoms with Crippen LogP contribution in [0, 0.1) is 11.6 Å². The van der Waals surface area contributed by atoms with Crippen LogP contribution >= 0.6 is 0 Å². The van der Waals surface area contributed by atoms with Gasteiger partial charge in [0, 0.05) is 19.2 Å². The monoisotopic (exact) mass is 340 g/mol. The molecule has 0 bridgehead atoms. The van der Waals surface area contributed by atoms with Crippen LogP contribution < -0.4 is 9.62 Å². The van der Waals surface area contributed by atoms with E-state index in [1.54, 1.807) is 0 Å². The molecule has 1 aromatic heterocycles. The van der Waals surface area contributed by atoms with Crippen molar-refractivity contribution >= 4 is 21.7 Å². The van der Waals surface area contributed by atoms with Gasteiger partial charge in [0.15, 0.2) is 0 Å². The molecule has 1 aliphatic heterocycles. The zero-order valence-corrected chi connectivity index (χ0v) is 12.9. The highest BCUT2D eigenvalue weighted by molar-refractivity contribution is 7.92. The molecule has 0 spiro atoms. The second-order valence-electron chi connectivity index (χ2n) is 5.18. The first-order valence-corrected chi connectivity index (χ1v) is 8.48. The van der Waals surface area contributed by atoms with Crippen LogP contribution in [0.5, 0.6) is 0 Å². The lowest BCUT2D eigenvalue weighted by atomic mass is 10.3. The van der Waals surface area contributed by atoms with Gasteiger partial charge in [-0.25, -0.2) is 27.2 Å². The summed E-state index contributed by atoms with van der Waals surface area (Å²) in [6, 6.07) is 2.09. The molecule has 2 heterocycles. The molecule has 1 fully saturated rings. The van der Waals surface area contributed by atoms with Gasteiger partial charge in [-0.1, -0.05) is 0 Å². The third-order valence-corrected chi connectivity index (χ3v) is 4.79. The Morgan fingerprint density at radius 3 is 2.13 bits per heavy atom. The molecule has 0 radical (unpaired) electrons. The minimum atomic E-state index is -4.11. The lowest BCUT2D eigenvalue weighted by Gasteiger charge is -2.15. The fourth-order valence-corrected chi connectivity index (χ4v) is 3.42. The third kappa shape index (κ3) is 3.55. The number of hydrogen-bond acceptors (Lipinski definition) is 5. The van der Waals surface area contributed by atoms with Crippen LogP contribution in [-0.2, 0) is 10.0 Å². The van der Waals surface area contributed by atoms with Gasteiger partial charge in [0.2, 0.25) is 5.95 Å². The van der Waals surface area contributed by atoms with E-state index in [-0.39, 0.29) is 5.69 Å². The van der Waals surface area contributed by atoms with Crippen LogP contribution in [0.1, 0.15) is 12.8 Å². The second-order valence-corrected chi connectivity index (χ2v) is 6.86. The molecule has 1 saturated heterocycles. The summed E-state index contributed by atoms with van der Waals surface area (Å²) >= 11 is 0. The number of aromatic nitrogens is 2. The van der Waals surface area contributed by atoms with Crippen molar-refractivity contribution in [3.63, 3.8) is 0 Å². The number of hydrogen-bond donors (Lipinski definition) is 1. The number of benzene rings is 1. The Labute approximate surface area is 132 Å². The zero-order chi connectivity index (χ0) is 16.4. The molecular weight excluding hydrogens is 326 g/mol. The Hall–Kier alpha value is -2.29. The van der Waals surface area contributed by atoms with Gasteiger partial charge in [-0.05, 0) is 25.0 Å². The molecular formula is C14H14F2N4O2S. The maximum Gasteiger partial charge on any atom is 0.262 e. The molecule has 0 amide bonds. The van der Waals surface area contributed by atoms with Gasteiger partial charge in [0.05, 0.1) is 23.0 Å². The van der Waals surface area contributed by atoms with Crippen LogP contribution in [0.3, 0.4) is 0 Å². The summed E-state index contributed by atoms with van der Waals surface area (Å²) in [5.74, 6) is -1.40. The van der Waals surface area contributed by atoms with Gasteiger partial charge in [-0.2, -0.15) is 0 Å². The Morgan fingerprint density at radius 1 is 1.00 bits per heavy atom. The highest BCUT2D eigenvalue weighted by Crippen LogP contribution is 2.19. The largest absolute Gasteiger partial charge is 0.341 e. The Morgan fingerprint density at radius 2 is 1.57 bits per heavy atom. The van der Waals surface area contributed by atoms with Gasteiger partial charge in [-0.3, -0.25) is 4.72 Å². The molecule has 23 heavy (non-hydrogen) atoms. The van der Waals surface area contributed by atoms with Crippen molar-refractivity contribution in [2.24, 2.45) is 0 Å². The smallest absolute Gasteiger partial charge is 0.262 e. The van der Waals surface area contributed by atoms with Crippen molar-refractivity contribution in [1.29, 1.82) is 0 Å². The summed E-state index contributed by atoms with van der Waals surface area (Å²) in [7, 11) is -4.11.